The number of rotatable bonds is 24. The molecule has 24 nitrogen and oxygen atoms in total. The van der Waals surface area contributed by atoms with Crippen molar-refractivity contribution in [2.75, 3.05) is 61.6 Å². The first-order valence-corrected chi connectivity index (χ1v) is 45.9. The molecule has 3 aromatic heterocycles. The molecule has 0 bridgehead atoms. The number of likely N-dealkylation sites (tertiary alicyclic amines) is 4. The van der Waals surface area contributed by atoms with Crippen LogP contribution in [0.5, 0.6) is 0 Å². The summed E-state index contributed by atoms with van der Waals surface area (Å²) in [6.45, 7) is 14.9. The molecule has 25 heteroatoms. The SMILES string of the molecule is C.C.CC(C)(C)OC(=O)N1CCC[C@H]1C(=O)Cc1ccc2oc(-c3ccc(NC(=O)[C@@H]4CCCN4C(=O)OC(C)(C)C)cc3)cc2c1.CCl.O=C(Cc1ccc2oc(-c3ccc(NC(=O)[C@@H]4CCCN4)cc3)cc2c1)[C@@H]1CCCN1.O=C(Cc1ccc2oc(-c3ccc(NC(=O)[C@@H]4CCCN4C(=O)CCc4ccccc4)cc3)cc2c1)[C@@H]1CCCN1C(=O)CCc1ccccc1. The van der Waals surface area contributed by atoms with Crippen LogP contribution < -0.4 is 26.6 Å². The van der Waals surface area contributed by atoms with Gasteiger partial charge in [0.2, 0.25) is 29.5 Å². The summed E-state index contributed by atoms with van der Waals surface area (Å²) in [6.07, 6.45) is 13.2. The van der Waals surface area contributed by atoms with Crippen LogP contribution in [0.1, 0.15) is 174 Å². The lowest BCUT2D eigenvalue weighted by Crippen LogP contribution is -2.45. The highest BCUT2D eigenvalue weighted by Gasteiger charge is 2.40. The average Bonchev–Trinajstić information content (AvgIpc) is 1.32. The first-order chi connectivity index (χ1) is 62.2. The summed E-state index contributed by atoms with van der Waals surface area (Å²) in [5.41, 5.74) is 10.6. The monoisotopic (exact) mass is 1800 g/mol. The molecule has 6 aliphatic heterocycles. The van der Waals surface area contributed by atoms with Gasteiger partial charge < -0.3 is 59.1 Å². The minimum absolute atomic E-state index is 0. The van der Waals surface area contributed by atoms with Gasteiger partial charge in [0, 0.05) is 115 Å². The molecule has 6 atom stereocenters. The zero-order valence-electron chi connectivity index (χ0n) is 74.6. The van der Waals surface area contributed by atoms with E-state index in [1.807, 2.05) is 215 Å². The van der Waals surface area contributed by atoms with Crippen LogP contribution >= 0.6 is 11.6 Å². The number of carbonyl (C=O) groups excluding carboxylic acids is 10. The van der Waals surface area contributed by atoms with E-state index in [4.69, 9.17) is 22.7 Å². The van der Waals surface area contributed by atoms with Crippen LogP contribution in [0.15, 0.2) is 220 Å². The zero-order valence-corrected chi connectivity index (χ0v) is 75.3. The van der Waals surface area contributed by atoms with Gasteiger partial charge in [-0.15, -0.1) is 11.6 Å². The van der Waals surface area contributed by atoms with Gasteiger partial charge in [0.25, 0.3) is 0 Å². The van der Waals surface area contributed by atoms with Crippen molar-refractivity contribution < 1.29 is 70.7 Å². The van der Waals surface area contributed by atoms with Gasteiger partial charge in [-0.1, -0.05) is 93.7 Å². The number of hydrogen-bond donors (Lipinski definition) is 5. The lowest BCUT2D eigenvalue weighted by Gasteiger charge is -2.28. The number of Topliss-reactive ketones (excluding diaryl/α,β-unsaturated/α-hetero) is 3. The van der Waals surface area contributed by atoms with Gasteiger partial charge in [0.15, 0.2) is 17.3 Å². The smallest absolute Gasteiger partial charge is 0.410 e. The molecule has 6 aliphatic rings. The van der Waals surface area contributed by atoms with Gasteiger partial charge in [0.05, 0.1) is 24.2 Å². The molecule has 0 aliphatic carbocycles. The second-order valence-electron chi connectivity index (χ2n) is 36.0. The quantitative estimate of drug-likeness (QED) is 0.0351. The summed E-state index contributed by atoms with van der Waals surface area (Å²) in [4.78, 5) is 135. The Morgan fingerprint density at radius 1 is 0.359 bits per heavy atom. The molecule has 17 rings (SSSR count). The van der Waals surface area contributed by atoms with Crippen LogP contribution in [0.3, 0.4) is 0 Å². The van der Waals surface area contributed by atoms with Crippen LogP contribution in [0.4, 0.5) is 26.7 Å². The van der Waals surface area contributed by atoms with Crippen LogP contribution in [0.25, 0.3) is 66.9 Å². The molecular formula is C106H124ClN9O15. The van der Waals surface area contributed by atoms with E-state index in [2.05, 4.69) is 38.2 Å². The molecule has 0 unspecified atom stereocenters. The van der Waals surface area contributed by atoms with Crippen molar-refractivity contribution in [3.8, 4) is 34.0 Å². The third-order valence-electron chi connectivity index (χ3n) is 24.2. The summed E-state index contributed by atoms with van der Waals surface area (Å²) in [5, 5.41) is 18.1. The number of ether oxygens (including phenoxy) is 2. The number of amides is 7. The second-order valence-corrected chi connectivity index (χ2v) is 36.0. The van der Waals surface area contributed by atoms with Gasteiger partial charge >= 0.3 is 12.2 Å². The molecule has 6 saturated heterocycles. The van der Waals surface area contributed by atoms with E-state index in [9.17, 15) is 47.9 Å². The number of ketones is 3. The predicted octanol–water partition coefficient (Wildman–Crippen LogP) is 20.1. The fraction of sp³-hybridized carbons (Fsp3) is 0.396. The molecule has 8 aromatic carbocycles. The number of alkyl halides is 1. The summed E-state index contributed by atoms with van der Waals surface area (Å²) in [7, 11) is 0. The van der Waals surface area contributed by atoms with Crippen molar-refractivity contribution >= 4 is 121 Å². The number of aryl methyl sites for hydroxylation is 2. The fourth-order valence-corrected chi connectivity index (χ4v) is 17.7. The molecule has 11 aromatic rings. The number of fused-ring (bicyclic) bond motifs is 3. The van der Waals surface area contributed by atoms with Gasteiger partial charge in [-0.25, -0.2) is 9.59 Å². The zero-order chi connectivity index (χ0) is 90.9. The standard InChI is InChI=1S/C43H43N3O5.C35H43N3O7.C25H27N3O3.CH3Cl.2CH4/c47-38(36-13-7-25-45(36)41(48)23-16-30-9-3-1-4-10-30)28-32-15-22-39-34(27-32)29-40(51-39)33-18-20-35(21-19-33)44-43(50)37-14-8-26-46(37)42(49)24-17-31-11-5-2-6-12-31;1-34(2,3)44-32(41)37-17-7-9-26(37)28(39)20-22-11-16-29-24(19-22)21-30(43-29)23-12-14-25(15-13-23)36-31(40)27-10-8-18-38(27)33(42)45-35(4,5)6;29-22(20-3-1-11-26-20)14-16-5-10-23-18(13-16)15-24(31-23)17-6-8-19(9-7-17)28-25(30)21-4-2-12-27-21;1-2;;/h1-6,9-12,15,18-22,27,29,36-37H,7-8,13-14,16-17,23-26,28H2,(H,44,50);11-16,19,21,26-27H,7-10,17-18,20H2,1-6H3,(H,36,40);5-10,13,15,20-21,26-27H,1-4,11-12,14H2,(H,28,30);1H3;2*1H4/t36-,37-;26-,27-;20-,21-;;;/m000.../s1. The van der Waals surface area contributed by atoms with E-state index in [1.54, 1.807) is 47.6 Å². The molecule has 9 heterocycles. The Bertz CT molecular complexity index is 5790. The molecule has 0 spiro atoms. The highest BCUT2D eigenvalue weighted by atomic mass is 35.5. The summed E-state index contributed by atoms with van der Waals surface area (Å²) >= 11 is 4.64. The normalized spacial score (nSPS) is 18.1. The van der Waals surface area contributed by atoms with E-state index >= 15 is 0 Å². The van der Waals surface area contributed by atoms with Crippen molar-refractivity contribution in [3.05, 3.63) is 234 Å². The molecule has 0 radical (unpaired) electrons. The Hall–Kier alpha value is -12.5. The lowest BCUT2D eigenvalue weighted by molar-refractivity contribution is -0.137. The third kappa shape index (κ3) is 25.8. The number of halogens is 1. The molecule has 0 saturated carbocycles. The van der Waals surface area contributed by atoms with E-state index in [-0.39, 0.29) is 92.7 Å². The number of hydrogen-bond acceptors (Lipinski definition) is 17. The molecule has 5 N–H and O–H groups in total. The molecule has 690 valence electrons. The first-order valence-electron chi connectivity index (χ1n) is 45.1. The largest absolute Gasteiger partial charge is 0.456 e. The fourth-order valence-electron chi connectivity index (χ4n) is 17.7. The van der Waals surface area contributed by atoms with Crippen LogP contribution in [-0.4, -0.2) is 172 Å². The average molecular weight is 1800 g/mol. The van der Waals surface area contributed by atoms with Gasteiger partial charge in [-0.2, -0.15) is 0 Å². The van der Waals surface area contributed by atoms with E-state index in [0.29, 0.717) is 112 Å². The van der Waals surface area contributed by atoms with E-state index in [0.717, 1.165) is 148 Å². The Balaban J connectivity index is 0.000000179. The second kappa shape index (κ2) is 44.9. The number of carbonyl (C=O) groups is 10. The van der Waals surface area contributed by atoms with Crippen molar-refractivity contribution in [1.29, 1.82) is 0 Å². The van der Waals surface area contributed by atoms with Crippen molar-refractivity contribution in [1.82, 2.24) is 30.2 Å². The van der Waals surface area contributed by atoms with Crippen molar-refractivity contribution in [2.45, 2.75) is 226 Å². The Labute approximate surface area is 772 Å². The summed E-state index contributed by atoms with van der Waals surface area (Å²) in [5.74, 6) is 2.08. The third-order valence-corrected chi connectivity index (χ3v) is 24.2. The summed E-state index contributed by atoms with van der Waals surface area (Å²) < 4.78 is 29.3. The Morgan fingerprint density at radius 2 is 0.679 bits per heavy atom. The van der Waals surface area contributed by atoms with Gasteiger partial charge in [-0.3, -0.25) is 48.2 Å². The maximum atomic E-state index is 13.4. The maximum absolute atomic E-state index is 13.4. The minimum Gasteiger partial charge on any atom is -0.456 e. The van der Waals surface area contributed by atoms with Crippen LogP contribution in [0.2, 0.25) is 0 Å². The van der Waals surface area contributed by atoms with Crippen LogP contribution in [0, 0.1) is 0 Å². The number of nitrogens with zero attached hydrogens (tertiary/aromatic N) is 4. The molecule has 6 fully saturated rings. The number of benzene rings is 8. The minimum atomic E-state index is -0.632. The topological polar surface area (TPSA) is 302 Å². The first kappa shape index (κ1) is 97.5. The predicted molar refractivity (Wildman–Crippen MR) is 515 cm³/mol. The highest BCUT2D eigenvalue weighted by Crippen LogP contribution is 2.36. The van der Waals surface area contributed by atoms with E-state index in [1.165, 1.54) is 11.3 Å². The van der Waals surface area contributed by atoms with Crippen molar-refractivity contribution in [2.24, 2.45) is 0 Å². The molecule has 131 heavy (non-hydrogen) atoms. The Morgan fingerprint density at radius 3 is 1.05 bits per heavy atom. The summed E-state index contributed by atoms with van der Waals surface area (Å²) in [6, 6.07) is 63.7. The van der Waals surface area contributed by atoms with Crippen LogP contribution in [-0.2, 0) is 79.9 Å². The Kier molecular flexibility index (Phi) is 33.4. The van der Waals surface area contributed by atoms with Crippen molar-refractivity contribution in [3.63, 3.8) is 0 Å². The van der Waals surface area contributed by atoms with E-state index < -0.39 is 41.5 Å². The van der Waals surface area contributed by atoms with Gasteiger partial charge in [0.1, 0.15) is 57.3 Å². The molecule has 7 amide bonds. The van der Waals surface area contributed by atoms with Gasteiger partial charge in [-0.05, 0) is 300 Å². The maximum Gasteiger partial charge on any atom is 0.410 e. The highest BCUT2D eigenvalue weighted by molar-refractivity contribution is 6.15. The molecular weight excluding hydrogens is 1670 g/mol. The number of furan rings is 3. The lowest BCUT2D eigenvalue weighted by atomic mass is 10.0. The number of anilines is 3. The number of nitrogens with one attached hydrogen (secondary N) is 5.